The molecule has 0 atom stereocenters. The minimum absolute atomic E-state index is 1.11. The van der Waals surface area contributed by atoms with Gasteiger partial charge in [0.15, 0.2) is 0 Å². The van der Waals surface area contributed by atoms with E-state index < -0.39 is 0 Å². The molecule has 0 bridgehead atoms. The smallest absolute Gasteiger partial charge is 0.0951 e. The van der Waals surface area contributed by atoms with Crippen molar-refractivity contribution in [3.8, 4) is 0 Å². The van der Waals surface area contributed by atoms with Crippen LogP contribution in [0.1, 0.15) is 24.7 Å². The molecular weight excluding hydrogens is 136 g/mol. The Morgan fingerprint density at radius 3 is 3.09 bits per heavy atom. The highest BCUT2D eigenvalue weighted by molar-refractivity contribution is 5.54. The van der Waals surface area contributed by atoms with E-state index in [1.807, 2.05) is 13.4 Å². The number of hydrogen-bond acceptors (Lipinski definition) is 1. The second-order valence-corrected chi connectivity index (χ2v) is 3.18. The Labute approximate surface area is 66.6 Å². The van der Waals surface area contributed by atoms with Gasteiger partial charge in [-0.25, -0.2) is 4.98 Å². The van der Waals surface area contributed by atoms with Crippen molar-refractivity contribution >= 4 is 6.08 Å². The molecule has 0 aromatic carbocycles. The molecule has 58 valence electrons. The Bertz CT molecular complexity index is 307. The van der Waals surface area contributed by atoms with Gasteiger partial charge in [0.25, 0.3) is 0 Å². The van der Waals surface area contributed by atoms with E-state index in [1.165, 1.54) is 23.4 Å². The average molecular weight is 148 g/mol. The first-order valence-corrected chi connectivity index (χ1v) is 3.95. The van der Waals surface area contributed by atoms with Crippen molar-refractivity contribution in [1.29, 1.82) is 0 Å². The highest BCUT2D eigenvalue weighted by Gasteiger charge is 2.11. The molecule has 1 heterocycles. The third-order valence-corrected chi connectivity index (χ3v) is 2.20. The van der Waals surface area contributed by atoms with Crippen LogP contribution < -0.4 is 0 Å². The van der Waals surface area contributed by atoms with Gasteiger partial charge in [-0.2, -0.15) is 0 Å². The first-order valence-electron chi connectivity index (χ1n) is 3.95. The summed E-state index contributed by atoms with van der Waals surface area (Å²) in [6.07, 6.45) is 6.40. The Balaban J connectivity index is 2.55. The van der Waals surface area contributed by atoms with Crippen molar-refractivity contribution < 1.29 is 0 Å². The molecule has 0 fully saturated rings. The van der Waals surface area contributed by atoms with Crippen LogP contribution in [0.5, 0.6) is 0 Å². The summed E-state index contributed by atoms with van der Waals surface area (Å²) in [6.45, 7) is 2.18. The molecule has 0 N–H and O–H groups in total. The lowest BCUT2D eigenvalue weighted by Gasteiger charge is -2.09. The predicted molar refractivity (Wildman–Crippen MR) is 45.2 cm³/mol. The summed E-state index contributed by atoms with van der Waals surface area (Å²) in [5.41, 5.74) is 3.99. The van der Waals surface area contributed by atoms with Gasteiger partial charge in [-0.05, 0) is 25.8 Å². The molecule has 0 spiro atoms. The fourth-order valence-corrected chi connectivity index (χ4v) is 1.49. The van der Waals surface area contributed by atoms with Crippen molar-refractivity contribution in [3.05, 3.63) is 23.3 Å². The molecule has 0 unspecified atom stereocenters. The van der Waals surface area contributed by atoms with Gasteiger partial charge in [-0.1, -0.05) is 5.57 Å². The number of allylic oxidation sites excluding steroid dienone is 1. The third kappa shape index (κ3) is 0.985. The van der Waals surface area contributed by atoms with Crippen LogP contribution in [-0.2, 0) is 13.5 Å². The van der Waals surface area contributed by atoms with E-state index >= 15 is 0 Å². The van der Waals surface area contributed by atoms with Crippen molar-refractivity contribution in [1.82, 2.24) is 9.55 Å². The van der Waals surface area contributed by atoms with Gasteiger partial charge in [-0.3, -0.25) is 0 Å². The fraction of sp³-hybridized carbons (Fsp3) is 0.444. The fourth-order valence-electron chi connectivity index (χ4n) is 1.49. The second-order valence-electron chi connectivity index (χ2n) is 3.18. The minimum atomic E-state index is 1.11. The quantitative estimate of drug-likeness (QED) is 0.548. The molecule has 1 aliphatic carbocycles. The second kappa shape index (κ2) is 2.22. The monoisotopic (exact) mass is 148 g/mol. The molecule has 0 saturated heterocycles. The lowest BCUT2D eigenvalue weighted by Crippen LogP contribution is -1.99. The SMILES string of the molecule is CC1=Cc2c(ncn2C)CC1. The van der Waals surface area contributed by atoms with Crippen LogP contribution in [0.2, 0.25) is 0 Å². The largest absolute Gasteiger partial charge is 0.334 e. The minimum Gasteiger partial charge on any atom is -0.334 e. The number of aryl methyl sites for hydroxylation is 2. The maximum atomic E-state index is 4.31. The Morgan fingerprint density at radius 1 is 1.45 bits per heavy atom. The van der Waals surface area contributed by atoms with Crippen LogP contribution in [0.25, 0.3) is 6.08 Å². The molecule has 0 amide bonds. The highest BCUT2D eigenvalue weighted by Crippen LogP contribution is 2.21. The molecule has 0 aliphatic heterocycles. The third-order valence-electron chi connectivity index (χ3n) is 2.20. The zero-order chi connectivity index (χ0) is 7.84. The van der Waals surface area contributed by atoms with Crippen molar-refractivity contribution in [2.75, 3.05) is 0 Å². The molecule has 1 aromatic rings. The summed E-state index contributed by atoms with van der Waals surface area (Å²) >= 11 is 0. The lowest BCUT2D eigenvalue weighted by atomic mass is 10.0. The van der Waals surface area contributed by atoms with E-state index in [-0.39, 0.29) is 0 Å². The summed E-state index contributed by atoms with van der Waals surface area (Å²) in [7, 11) is 2.04. The molecule has 1 aliphatic rings. The maximum absolute atomic E-state index is 4.31. The van der Waals surface area contributed by atoms with Gasteiger partial charge in [0.2, 0.25) is 0 Å². The van der Waals surface area contributed by atoms with E-state index in [2.05, 4.69) is 22.6 Å². The summed E-state index contributed by atoms with van der Waals surface area (Å²) in [5.74, 6) is 0. The summed E-state index contributed by atoms with van der Waals surface area (Å²) in [6, 6.07) is 0. The molecule has 2 rings (SSSR count). The van der Waals surface area contributed by atoms with Crippen LogP contribution in [0, 0.1) is 0 Å². The number of imidazole rings is 1. The molecule has 11 heavy (non-hydrogen) atoms. The summed E-state index contributed by atoms with van der Waals surface area (Å²) < 4.78 is 2.08. The van der Waals surface area contributed by atoms with E-state index in [0.717, 1.165) is 6.42 Å². The van der Waals surface area contributed by atoms with Crippen LogP contribution in [0.3, 0.4) is 0 Å². The number of nitrogens with zero attached hydrogens (tertiary/aromatic N) is 2. The lowest BCUT2D eigenvalue weighted by molar-refractivity contribution is 0.864. The van der Waals surface area contributed by atoms with E-state index in [4.69, 9.17) is 0 Å². The van der Waals surface area contributed by atoms with Gasteiger partial charge < -0.3 is 4.57 Å². The van der Waals surface area contributed by atoms with Crippen LogP contribution in [0.15, 0.2) is 11.9 Å². The summed E-state index contributed by atoms with van der Waals surface area (Å²) in [4.78, 5) is 4.31. The molecule has 2 nitrogen and oxygen atoms in total. The average Bonchev–Trinajstić information content (AvgIpc) is 2.33. The first kappa shape index (κ1) is 6.65. The van der Waals surface area contributed by atoms with Gasteiger partial charge >= 0.3 is 0 Å². The Morgan fingerprint density at radius 2 is 2.27 bits per heavy atom. The van der Waals surface area contributed by atoms with Crippen molar-refractivity contribution in [2.45, 2.75) is 19.8 Å². The van der Waals surface area contributed by atoms with Gasteiger partial charge in [-0.15, -0.1) is 0 Å². The van der Waals surface area contributed by atoms with Crippen LogP contribution in [0.4, 0.5) is 0 Å². The molecular formula is C9H12N2. The number of hydrogen-bond donors (Lipinski definition) is 0. The molecule has 0 saturated carbocycles. The Hall–Kier alpha value is -1.05. The Kier molecular flexibility index (Phi) is 1.34. The number of rotatable bonds is 0. The van der Waals surface area contributed by atoms with Gasteiger partial charge in [0, 0.05) is 7.05 Å². The van der Waals surface area contributed by atoms with Crippen LogP contribution >= 0.6 is 0 Å². The first-order chi connectivity index (χ1) is 5.27. The zero-order valence-corrected chi connectivity index (χ0v) is 6.96. The highest BCUT2D eigenvalue weighted by atomic mass is 15.0. The van der Waals surface area contributed by atoms with Crippen molar-refractivity contribution in [2.24, 2.45) is 7.05 Å². The van der Waals surface area contributed by atoms with E-state index in [1.54, 1.807) is 0 Å². The van der Waals surface area contributed by atoms with E-state index in [9.17, 15) is 0 Å². The van der Waals surface area contributed by atoms with Crippen LogP contribution in [-0.4, -0.2) is 9.55 Å². The van der Waals surface area contributed by atoms with Crippen molar-refractivity contribution in [3.63, 3.8) is 0 Å². The number of aromatic nitrogens is 2. The zero-order valence-electron chi connectivity index (χ0n) is 6.96. The normalized spacial score (nSPS) is 16.0. The number of fused-ring (bicyclic) bond motifs is 1. The molecule has 2 heteroatoms. The molecule has 1 aromatic heterocycles. The maximum Gasteiger partial charge on any atom is 0.0951 e. The topological polar surface area (TPSA) is 17.8 Å². The molecule has 0 radical (unpaired) electrons. The summed E-state index contributed by atoms with van der Waals surface area (Å²) in [5, 5.41) is 0. The van der Waals surface area contributed by atoms with Gasteiger partial charge in [0.1, 0.15) is 0 Å². The van der Waals surface area contributed by atoms with Gasteiger partial charge in [0.05, 0.1) is 17.7 Å². The standard InChI is InChI=1S/C9H12N2/c1-7-3-4-8-9(5-7)11(2)6-10-8/h5-6H,3-4H2,1-2H3. The predicted octanol–water partition coefficient (Wildman–Crippen LogP) is 1.77. The van der Waals surface area contributed by atoms with E-state index in [0.29, 0.717) is 0 Å².